The molecule has 0 aliphatic carbocycles. The van der Waals surface area contributed by atoms with Crippen LogP contribution in [0.4, 0.5) is 16.2 Å². The lowest BCUT2D eigenvalue weighted by Crippen LogP contribution is -2.28. The van der Waals surface area contributed by atoms with Crippen LogP contribution in [0, 0.1) is 0 Å². The highest BCUT2D eigenvalue weighted by molar-refractivity contribution is 6.03. The second kappa shape index (κ2) is 8.48. The first-order valence-corrected chi connectivity index (χ1v) is 8.32. The van der Waals surface area contributed by atoms with Crippen LogP contribution >= 0.6 is 0 Å². The van der Waals surface area contributed by atoms with Crippen LogP contribution in [0.15, 0.2) is 79.8 Å². The quantitative estimate of drug-likeness (QED) is 0.588. The van der Waals surface area contributed by atoms with Crippen LogP contribution in [-0.2, 0) is 0 Å². The summed E-state index contributed by atoms with van der Waals surface area (Å²) in [5.74, 6) is -0.277. The van der Waals surface area contributed by atoms with E-state index in [1.165, 1.54) is 6.20 Å². The SMILES string of the molecule is C=CCNC(=O)Nc1ccc(NC(=O)c2cncn2-c2ccccc2)cc1. The summed E-state index contributed by atoms with van der Waals surface area (Å²) < 4.78 is 1.72. The third-order valence-corrected chi connectivity index (χ3v) is 3.71. The van der Waals surface area contributed by atoms with Gasteiger partial charge in [0.1, 0.15) is 5.69 Å². The van der Waals surface area contributed by atoms with Crippen molar-refractivity contribution < 1.29 is 9.59 Å². The Hall–Kier alpha value is -3.87. The summed E-state index contributed by atoms with van der Waals surface area (Å²) in [5.41, 5.74) is 2.50. The van der Waals surface area contributed by atoms with Gasteiger partial charge < -0.3 is 16.0 Å². The van der Waals surface area contributed by atoms with Crippen molar-refractivity contribution in [2.75, 3.05) is 17.2 Å². The molecule has 3 amide bonds. The van der Waals surface area contributed by atoms with E-state index < -0.39 is 0 Å². The zero-order valence-electron chi connectivity index (χ0n) is 14.6. The van der Waals surface area contributed by atoms with Crippen molar-refractivity contribution in [3.05, 3.63) is 85.5 Å². The molecule has 1 heterocycles. The lowest BCUT2D eigenvalue weighted by Gasteiger charge is -2.10. The molecule has 1 aromatic heterocycles. The molecule has 0 aliphatic rings. The molecule has 0 aliphatic heterocycles. The fourth-order valence-electron chi connectivity index (χ4n) is 2.43. The Bertz CT molecular complexity index is 933. The summed E-state index contributed by atoms with van der Waals surface area (Å²) in [6.45, 7) is 3.92. The van der Waals surface area contributed by atoms with E-state index in [2.05, 4.69) is 27.5 Å². The van der Waals surface area contributed by atoms with Crippen molar-refractivity contribution in [2.24, 2.45) is 0 Å². The minimum absolute atomic E-state index is 0.277. The highest BCUT2D eigenvalue weighted by atomic mass is 16.2. The number of nitrogens with zero attached hydrogens (tertiary/aromatic N) is 2. The highest BCUT2D eigenvalue weighted by Gasteiger charge is 2.13. The number of hydrogen-bond acceptors (Lipinski definition) is 3. The van der Waals surface area contributed by atoms with Gasteiger partial charge in [-0.25, -0.2) is 9.78 Å². The molecular formula is C20H19N5O2. The first-order chi connectivity index (χ1) is 13.2. The van der Waals surface area contributed by atoms with Gasteiger partial charge in [-0.15, -0.1) is 6.58 Å². The predicted molar refractivity (Wildman–Crippen MR) is 105 cm³/mol. The highest BCUT2D eigenvalue weighted by Crippen LogP contribution is 2.16. The number of carbonyl (C=O) groups excluding carboxylic acids is 2. The van der Waals surface area contributed by atoms with Crippen LogP contribution in [0.3, 0.4) is 0 Å². The average Bonchev–Trinajstić information content (AvgIpc) is 3.18. The third kappa shape index (κ3) is 4.60. The Morgan fingerprint density at radius 2 is 1.67 bits per heavy atom. The number of hydrogen-bond donors (Lipinski definition) is 3. The van der Waals surface area contributed by atoms with E-state index in [1.807, 2.05) is 30.3 Å². The second-order valence-electron chi connectivity index (χ2n) is 5.64. The minimum Gasteiger partial charge on any atom is -0.334 e. The topological polar surface area (TPSA) is 88.1 Å². The van der Waals surface area contributed by atoms with Gasteiger partial charge in [-0.1, -0.05) is 24.3 Å². The summed E-state index contributed by atoms with van der Waals surface area (Å²) in [4.78, 5) is 28.3. The number of rotatable bonds is 6. The molecule has 136 valence electrons. The molecule has 0 atom stereocenters. The number of anilines is 2. The zero-order valence-corrected chi connectivity index (χ0v) is 14.6. The molecule has 7 nitrogen and oxygen atoms in total. The molecule has 7 heteroatoms. The van der Waals surface area contributed by atoms with Crippen molar-refractivity contribution >= 4 is 23.3 Å². The number of amides is 3. The van der Waals surface area contributed by atoms with Crippen LogP contribution in [0.25, 0.3) is 5.69 Å². The Morgan fingerprint density at radius 3 is 2.33 bits per heavy atom. The second-order valence-corrected chi connectivity index (χ2v) is 5.64. The maximum absolute atomic E-state index is 12.6. The maximum atomic E-state index is 12.6. The van der Waals surface area contributed by atoms with Gasteiger partial charge in [0.2, 0.25) is 0 Å². The lowest BCUT2D eigenvalue weighted by atomic mass is 10.2. The molecular weight excluding hydrogens is 342 g/mol. The number of benzene rings is 2. The summed E-state index contributed by atoms with van der Waals surface area (Å²) in [6, 6.07) is 16.0. The van der Waals surface area contributed by atoms with Crippen molar-refractivity contribution in [1.29, 1.82) is 0 Å². The first kappa shape index (κ1) is 17.9. The largest absolute Gasteiger partial charge is 0.334 e. The summed E-state index contributed by atoms with van der Waals surface area (Å²) in [5, 5.41) is 8.14. The monoisotopic (exact) mass is 361 g/mol. The summed E-state index contributed by atoms with van der Waals surface area (Å²) in [6.07, 6.45) is 4.71. The number of nitrogens with one attached hydrogen (secondary N) is 3. The maximum Gasteiger partial charge on any atom is 0.319 e. The van der Waals surface area contributed by atoms with Gasteiger partial charge >= 0.3 is 6.03 Å². The van der Waals surface area contributed by atoms with E-state index in [1.54, 1.807) is 41.2 Å². The van der Waals surface area contributed by atoms with Crippen LogP contribution < -0.4 is 16.0 Å². The molecule has 0 radical (unpaired) electrons. The molecule has 3 aromatic rings. The molecule has 0 saturated carbocycles. The van der Waals surface area contributed by atoms with Crippen molar-refractivity contribution in [1.82, 2.24) is 14.9 Å². The molecule has 0 fully saturated rings. The van der Waals surface area contributed by atoms with Gasteiger partial charge in [0.05, 0.1) is 12.5 Å². The zero-order chi connectivity index (χ0) is 19.1. The molecule has 27 heavy (non-hydrogen) atoms. The molecule has 0 saturated heterocycles. The fraction of sp³-hybridized carbons (Fsp3) is 0.0500. The van der Waals surface area contributed by atoms with Crippen molar-refractivity contribution in [2.45, 2.75) is 0 Å². The van der Waals surface area contributed by atoms with Gasteiger partial charge in [0.25, 0.3) is 5.91 Å². The lowest BCUT2D eigenvalue weighted by molar-refractivity contribution is 0.102. The Kier molecular flexibility index (Phi) is 5.64. The Morgan fingerprint density at radius 1 is 1.00 bits per heavy atom. The van der Waals surface area contributed by atoms with Crippen molar-refractivity contribution in [3.8, 4) is 5.69 Å². The average molecular weight is 361 g/mol. The van der Waals surface area contributed by atoms with E-state index in [0.717, 1.165) is 5.69 Å². The smallest absolute Gasteiger partial charge is 0.319 e. The van der Waals surface area contributed by atoms with Gasteiger partial charge in [-0.3, -0.25) is 9.36 Å². The predicted octanol–water partition coefficient (Wildman–Crippen LogP) is 3.43. The Balaban J connectivity index is 1.66. The van der Waals surface area contributed by atoms with Gasteiger partial charge in [0.15, 0.2) is 0 Å². The molecule has 0 spiro atoms. The normalized spacial score (nSPS) is 10.1. The van der Waals surface area contributed by atoms with Crippen LogP contribution in [-0.4, -0.2) is 28.0 Å². The van der Waals surface area contributed by atoms with Gasteiger partial charge in [0, 0.05) is 23.6 Å². The van der Waals surface area contributed by atoms with E-state index in [0.29, 0.717) is 23.6 Å². The molecule has 2 aromatic carbocycles. The summed E-state index contributed by atoms with van der Waals surface area (Å²) >= 11 is 0. The van der Waals surface area contributed by atoms with Crippen molar-refractivity contribution in [3.63, 3.8) is 0 Å². The Labute approximate surface area is 156 Å². The standard InChI is InChI=1S/C20H19N5O2/c1-2-12-22-20(27)24-16-10-8-15(9-11-16)23-19(26)18-13-21-14-25(18)17-6-4-3-5-7-17/h2-11,13-14H,1,12H2,(H,23,26)(H2,22,24,27). The minimum atomic E-state index is -0.321. The molecule has 3 N–H and O–H groups in total. The van der Waals surface area contributed by atoms with E-state index in [4.69, 9.17) is 0 Å². The fourth-order valence-corrected chi connectivity index (χ4v) is 2.43. The number of carbonyl (C=O) groups is 2. The van der Waals surface area contributed by atoms with Crippen LogP contribution in [0.5, 0.6) is 0 Å². The summed E-state index contributed by atoms with van der Waals surface area (Å²) in [7, 11) is 0. The molecule has 0 bridgehead atoms. The van der Waals surface area contributed by atoms with Crippen LogP contribution in [0.2, 0.25) is 0 Å². The number of imidazole rings is 1. The van der Waals surface area contributed by atoms with Gasteiger partial charge in [-0.05, 0) is 36.4 Å². The third-order valence-electron chi connectivity index (χ3n) is 3.71. The number of aromatic nitrogens is 2. The molecule has 3 rings (SSSR count). The van der Waals surface area contributed by atoms with E-state index in [9.17, 15) is 9.59 Å². The van der Waals surface area contributed by atoms with Gasteiger partial charge in [-0.2, -0.15) is 0 Å². The number of para-hydroxylation sites is 1. The number of urea groups is 1. The molecule has 0 unspecified atom stereocenters. The van der Waals surface area contributed by atoms with E-state index >= 15 is 0 Å². The first-order valence-electron chi connectivity index (χ1n) is 8.32. The van der Waals surface area contributed by atoms with Crippen LogP contribution in [0.1, 0.15) is 10.5 Å². The van der Waals surface area contributed by atoms with E-state index in [-0.39, 0.29) is 11.9 Å².